The number of carbonyl (C=O) groups excluding carboxylic acids is 1. The number of aromatic nitrogens is 3. The minimum atomic E-state index is -0.222. The van der Waals surface area contributed by atoms with Crippen molar-refractivity contribution in [3.05, 3.63) is 58.6 Å². The lowest BCUT2D eigenvalue weighted by Crippen LogP contribution is -2.19. The predicted octanol–water partition coefficient (Wildman–Crippen LogP) is 10.3. The maximum Gasteiger partial charge on any atom is 0.258 e. The van der Waals surface area contributed by atoms with E-state index in [0.29, 0.717) is 11.5 Å². The number of imidazole rings is 1. The summed E-state index contributed by atoms with van der Waals surface area (Å²) >= 11 is 0. The van der Waals surface area contributed by atoms with Crippen molar-refractivity contribution in [1.29, 1.82) is 0 Å². The number of rotatable bonds is 7. The maximum atomic E-state index is 13.1. The van der Waals surface area contributed by atoms with Crippen LogP contribution in [0.4, 0.5) is 5.95 Å². The van der Waals surface area contributed by atoms with E-state index < -0.39 is 0 Å². The Labute approximate surface area is 280 Å². The average molecular weight is 635 g/mol. The van der Waals surface area contributed by atoms with Crippen molar-refractivity contribution in [3.8, 4) is 0 Å². The van der Waals surface area contributed by atoms with Gasteiger partial charge in [-0.2, -0.15) is 0 Å². The number of fused-ring (bicyclic) bond motifs is 1. The molecule has 0 unspecified atom stereocenters. The highest BCUT2D eigenvalue weighted by molar-refractivity contribution is 6.10. The number of aryl methyl sites for hydroxylation is 3. The lowest BCUT2D eigenvalue weighted by Gasteiger charge is -2.15. The van der Waals surface area contributed by atoms with Gasteiger partial charge in [-0.3, -0.25) is 15.1 Å². The molecule has 7 heteroatoms. The molecule has 1 saturated carbocycles. The molecule has 2 aromatic heterocycles. The molecule has 5 rings (SSSR count). The van der Waals surface area contributed by atoms with Gasteiger partial charge in [-0.1, -0.05) is 112 Å². The van der Waals surface area contributed by atoms with Crippen molar-refractivity contribution < 1.29 is 14.1 Å². The number of unbranched alkanes of at least 4 members (excludes halogenated alkanes) is 3. The van der Waals surface area contributed by atoms with E-state index in [1.54, 1.807) is 19.2 Å². The van der Waals surface area contributed by atoms with Crippen LogP contribution in [0.2, 0.25) is 0 Å². The molecule has 0 atom stereocenters. The molecule has 0 spiro atoms. The van der Waals surface area contributed by atoms with E-state index in [4.69, 9.17) is 4.74 Å². The predicted molar refractivity (Wildman–Crippen MR) is 198 cm³/mol. The maximum absolute atomic E-state index is 13.1. The molecule has 7 nitrogen and oxygen atoms in total. The zero-order valence-electron chi connectivity index (χ0n) is 31.1. The number of carbonyl (C=O) groups is 1. The van der Waals surface area contributed by atoms with Crippen molar-refractivity contribution in [2.75, 3.05) is 26.0 Å². The minimum Gasteiger partial charge on any atom is -0.500 e. The average Bonchev–Trinajstić information content (AvgIpc) is 3.75. The number of allylic oxidation sites excluding steroid dienone is 1. The summed E-state index contributed by atoms with van der Waals surface area (Å²) < 4.78 is 9.56. The Hall–Kier alpha value is -3.48. The monoisotopic (exact) mass is 635 g/mol. The van der Waals surface area contributed by atoms with Crippen molar-refractivity contribution >= 4 is 34.7 Å². The Kier molecular flexibility index (Phi) is 20.2. The van der Waals surface area contributed by atoms with Crippen LogP contribution in [-0.2, 0) is 11.8 Å². The van der Waals surface area contributed by atoms with E-state index in [9.17, 15) is 4.79 Å². The fraction of sp³-hybridized carbons (Fsp3) is 0.590. The molecule has 0 saturated heterocycles. The largest absolute Gasteiger partial charge is 0.500 e. The number of hydrogen-bond acceptors (Lipinski definition) is 4. The lowest BCUT2D eigenvalue weighted by atomic mass is 10.0. The van der Waals surface area contributed by atoms with E-state index in [1.165, 1.54) is 64.2 Å². The number of methoxy groups -OCH3 is 1. The highest BCUT2D eigenvalue weighted by atomic mass is 16.5. The van der Waals surface area contributed by atoms with Gasteiger partial charge in [0.15, 0.2) is 6.21 Å². The van der Waals surface area contributed by atoms with Crippen LogP contribution in [0.25, 0.3) is 16.6 Å². The summed E-state index contributed by atoms with van der Waals surface area (Å²) in [5, 5.41) is 2.94. The van der Waals surface area contributed by atoms with E-state index in [0.717, 1.165) is 52.3 Å². The Morgan fingerprint density at radius 1 is 0.913 bits per heavy atom. The SMILES string of the molecule is C1CCCC1.CC.CCCC.CCCCC.COC1=C(c2cc(C(=O)Nc3nc4ccc(C)cc4n3C)cc(C)n2)C=[N+](C)CC1. The van der Waals surface area contributed by atoms with Crippen molar-refractivity contribution in [1.82, 2.24) is 14.5 Å². The smallest absolute Gasteiger partial charge is 0.258 e. The first-order chi connectivity index (χ1) is 22.2. The molecule has 256 valence electrons. The molecule has 3 aromatic rings. The van der Waals surface area contributed by atoms with Crippen LogP contribution in [-0.4, -0.2) is 51.9 Å². The Morgan fingerprint density at radius 2 is 1.52 bits per heavy atom. The van der Waals surface area contributed by atoms with Crippen molar-refractivity contribution in [2.24, 2.45) is 7.05 Å². The van der Waals surface area contributed by atoms with Gasteiger partial charge in [-0.15, -0.1) is 0 Å². The zero-order chi connectivity index (χ0) is 34.5. The van der Waals surface area contributed by atoms with E-state index in [-0.39, 0.29) is 5.91 Å². The molecule has 0 bridgehead atoms. The van der Waals surface area contributed by atoms with Crippen LogP contribution in [0.3, 0.4) is 0 Å². The summed E-state index contributed by atoms with van der Waals surface area (Å²) in [6.45, 7) is 17.6. The van der Waals surface area contributed by atoms with Crippen LogP contribution in [0.1, 0.15) is 139 Å². The molecule has 1 fully saturated rings. The van der Waals surface area contributed by atoms with E-state index in [1.807, 2.05) is 64.7 Å². The number of ether oxygens (including phenoxy) is 1. The topological polar surface area (TPSA) is 72.0 Å². The van der Waals surface area contributed by atoms with Gasteiger partial charge in [0.05, 0.1) is 30.3 Å². The third kappa shape index (κ3) is 13.5. The second-order valence-corrected chi connectivity index (χ2v) is 11.8. The number of benzene rings is 1. The first-order valence-electron chi connectivity index (χ1n) is 17.7. The molecule has 3 heterocycles. The number of amides is 1. The highest BCUT2D eigenvalue weighted by Gasteiger charge is 2.22. The summed E-state index contributed by atoms with van der Waals surface area (Å²) in [5.41, 5.74) is 5.90. The first-order valence-corrected chi connectivity index (χ1v) is 17.7. The van der Waals surface area contributed by atoms with E-state index >= 15 is 0 Å². The number of pyridine rings is 1. The van der Waals surface area contributed by atoms with Crippen molar-refractivity contribution in [3.63, 3.8) is 0 Å². The van der Waals surface area contributed by atoms with Gasteiger partial charge in [0.1, 0.15) is 24.9 Å². The van der Waals surface area contributed by atoms with Crippen LogP contribution in [0.5, 0.6) is 0 Å². The molecule has 46 heavy (non-hydrogen) atoms. The fourth-order valence-corrected chi connectivity index (χ4v) is 4.95. The molecule has 2 aliphatic rings. The van der Waals surface area contributed by atoms with Gasteiger partial charge < -0.3 is 9.30 Å². The van der Waals surface area contributed by atoms with Gasteiger partial charge in [0.25, 0.3) is 5.91 Å². The summed E-state index contributed by atoms with van der Waals surface area (Å²) in [6.07, 6.45) is 17.0. The summed E-state index contributed by atoms with van der Waals surface area (Å²) in [7, 11) is 5.59. The number of anilines is 1. The van der Waals surface area contributed by atoms with E-state index in [2.05, 4.69) is 53.6 Å². The number of nitrogens with zero attached hydrogens (tertiary/aromatic N) is 4. The molecule has 1 aromatic carbocycles. The Bertz CT molecular complexity index is 1370. The van der Waals surface area contributed by atoms with Crippen LogP contribution >= 0.6 is 0 Å². The highest BCUT2D eigenvalue weighted by Crippen LogP contribution is 2.24. The van der Waals surface area contributed by atoms with Gasteiger partial charge in [-0.05, 0) is 43.7 Å². The van der Waals surface area contributed by atoms with Crippen LogP contribution in [0.15, 0.2) is 36.1 Å². The van der Waals surface area contributed by atoms with Gasteiger partial charge >= 0.3 is 0 Å². The van der Waals surface area contributed by atoms with Crippen LogP contribution < -0.4 is 5.32 Å². The van der Waals surface area contributed by atoms with Crippen molar-refractivity contribution in [2.45, 2.75) is 126 Å². The molecule has 1 amide bonds. The summed E-state index contributed by atoms with van der Waals surface area (Å²) in [5.74, 6) is 1.17. The van der Waals surface area contributed by atoms with Gasteiger partial charge in [-0.25, -0.2) is 9.56 Å². The minimum absolute atomic E-state index is 0.222. The zero-order valence-corrected chi connectivity index (χ0v) is 31.1. The third-order valence-electron chi connectivity index (χ3n) is 7.80. The first kappa shape index (κ1) is 40.5. The molecule has 1 aliphatic heterocycles. The quantitative estimate of drug-likeness (QED) is 0.263. The molecule has 1 N–H and O–H groups in total. The molecular formula is C39H64N5O2+. The summed E-state index contributed by atoms with van der Waals surface area (Å²) in [4.78, 5) is 22.3. The Balaban J connectivity index is 0.000000547. The summed E-state index contributed by atoms with van der Waals surface area (Å²) in [6, 6.07) is 9.62. The Morgan fingerprint density at radius 3 is 2.04 bits per heavy atom. The molecular weight excluding hydrogens is 570 g/mol. The second-order valence-electron chi connectivity index (χ2n) is 11.8. The normalized spacial score (nSPS) is 13.5. The van der Waals surface area contributed by atoms with Crippen LogP contribution in [0, 0.1) is 13.8 Å². The third-order valence-corrected chi connectivity index (χ3v) is 7.80. The molecule has 0 radical (unpaired) electrons. The second kappa shape index (κ2) is 22.9. The van der Waals surface area contributed by atoms with Gasteiger partial charge in [0.2, 0.25) is 5.95 Å². The number of nitrogens with one attached hydrogen (secondary N) is 1. The number of hydrogen-bond donors (Lipinski definition) is 1. The molecule has 1 aliphatic carbocycles. The lowest BCUT2D eigenvalue weighted by molar-refractivity contribution is -0.492. The fourth-order valence-electron chi connectivity index (χ4n) is 4.95. The standard InChI is InChI=1S/C23H25N5O2.C5H10.C5H12.C4H10.C2H6/c1-14-6-7-18-20(10-14)28(4)23(25-18)26-22(29)16-11-15(2)24-19(12-16)17-13-27(3)9-8-21(17)30-5;1-2-4-5-3-1;1-3-5-4-2;1-3-4-2;1-2/h6-7,10-13H,8-9H2,1-5H3;1-5H2;3-5H2,1-2H3;3-4H2,1-2H3;1-2H3/p+1. The van der Waals surface area contributed by atoms with Gasteiger partial charge in [0, 0.05) is 18.3 Å².